The van der Waals surface area contributed by atoms with Gasteiger partial charge in [-0.05, 0) is 31.5 Å². The van der Waals surface area contributed by atoms with E-state index in [0.717, 1.165) is 11.1 Å². The van der Waals surface area contributed by atoms with Crippen LogP contribution in [0.15, 0.2) is 16.9 Å². The van der Waals surface area contributed by atoms with Gasteiger partial charge in [0.25, 0.3) is 0 Å². The molecule has 15 heavy (non-hydrogen) atoms. The number of benzene rings is 1. The highest BCUT2D eigenvalue weighted by Crippen LogP contribution is 2.23. The Kier molecular flexibility index (Phi) is 2.49. The topological polar surface area (TPSA) is 32.9 Å². The van der Waals surface area contributed by atoms with Gasteiger partial charge in [-0.3, -0.25) is 4.79 Å². The molecule has 1 N–H and O–H groups in total. The highest BCUT2D eigenvalue weighted by molar-refractivity contribution is 6.33. The van der Waals surface area contributed by atoms with Gasteiger partial charge in [-0.2, -0.15) is 0 Å². The van der Waals surface area contributed by atoms with Gasteiger partial charge in [-0.1, -0.05) is 23.2 Å². The molecule has 2 aromatic rings. The van der Waals surface area contributed by atoms with Crippen molar-refractivity contribution in [3.05, 3.63) is 43.7 Å². The highest BCUT2D eigenvalue weighted by atomic mass is 35.5. The molecule has 0 bridgehead atoms. The first-order valence-electron chi connectivity index (χ1n) is 4.49. The summed E-state index contributed by atoms with van der Waals surface area (Å²) < 4.78 is 0. The first-order valence-corrected chi connectivity index (χ1v) is 5.25. The van der Waals surface area contributed by atoms with Crippen LogP contribution in [0.25, 0.3) is 10.9 Å². The van der Waals surface area contributed by atoms with Crippen LogP contribution in [0.5, 0.6) is 0 Å². The summed E-state index contributed by atoms with van der Waals surface area (Å²) >= 11 is 11.8. The molecule has 0 unspecified atom stereocenters. The number of nitrogens with one attached hydrogen (secondary N) is 1. The van der Waals surface area contributed by atoms with Crippen molar-refractivity contribution in [2.75, 3.05) is 0 Å². The molecule has 0 spiro atoms. The molecule has 78 valence electrons. The molecule has 0 amide bonds. The Morgan fingerprint density at radius 2 is 1.87 bits per heavy atom. The lowest BCUT2D eigenvalue weighted by molar-refractivity contribution is 1.23. The van der Waals surface area contributed by atoms with Crippen molar-refractivity contribution >= 4 is 34.1 Å². The Labute approximate surface area is 96.8 Å². The third kappa shape index (κ3) is 1.54. The molecule has 0 aliphatic carbocycles. The van der Waals surface area contributed by atoms with Crippen LogP contribution in [0, 0.1) is 13.8 Å². The molecule has 0 saturated carbocycles. The van der Waals surface area contributed by atoms with E-state index in [2.05, 4.69) is 4.98 Å². The molecule has 1 heterocycles. The molecule has 2 nitrogen and oxygen atoms in total. The number of halogens is 2. The van der Waals surface area contributed by atoms with Crippen LogP contribution in [-0.2, 0) is 0 Å². The summed E-state index contributed by atoms with van der Waals surface area (Å²) in [7, 11) is 0. The molecule has 0 radical (unpaired) electrons. The van der Waals surface area contributed by atoms with E-state index in [1.54, 1.807) is 19.1 Å². The second-order valence-corrected chi connectivity index (χ2v) is 4.27. The van der Waals surface area contributed by atoms with Crippen molar-refractivity contribution in [2.24, 2.45) is 0 Å². The monoisotopic (exact) mass is 241 g/mol. The molecule has 1 aromatic carbocycles. The van der Waals surface area contributed by atoms with Crippen molar-refractivity contribution in [2.45, 2.75) is 13.8 Å². The summed E-state index contributed by atoms with van der Waals surface area (Å²) in [6.07, 6.45) is 0. The van der Waals surface area contributed by atoms with Crippen molar-refractivity contribution in [1.82, 2.24) is 4.98 Å². The molecule has 0 aliphatic rings. The number of aromatic nitrogens is 1. The Hall–Kier alpha value is -0.990. The van der Waals surface area contributed by atoms with E-state index in [0.29, 0.717) is 16.1 Å². The van der Waals surface area contributed by atoms with Gasteiger partial charge in [-0.25, -0.2) is 0 Å². The predicted molar refractivity (Wildman–Crippen MR) is 64.1 cm³/mol. The van der Waals surface area contributed by atoms with Gasteiger partial charge < -0.3 is 4.98 Å². The third-order valence-corrected chi connectivity index (χ3v) is 3.35. The van der Waals surface area contributed by atoms with Gasteiger partial charge in [-0.15, -0.1) is 0 Å². The number of hydrogen-bond acceptors (Lipinski definition) is 1. The smallest absolute Gasteiger partial charge is 0.208 e. The van der Waals surface area contributed by atoms with Gasteiger partial charge in [0.05, 0.1) is 5.52 Å². The lowest BCUT2D eigenvalue weighted by Gasteiger charge is -2.06. The quantitative estimate of drug-likeness (QED) is 0.753. The van der Waals surface area contributed by atoms with Gasteiger partial charge in [0.15, 0.2) is 0 Å². The van der Waals surface area contributed by atoms with E-state index in [1.807, 2.05) is 6.92 Å². The van der Waals surface area contributed by atoms with Gasteiger partial charge in [0, 0.05) is 16.1 Å². The fraction of sp³-hybridized carbons (Fsp3) is 0.182. The van der Waals surface area contributed by atoms with Gasteiger partial charge in [0.2, 0.25) is 5.43 Å². The third-order valence-electron chi connectivity index (χ3n) is 2.48. The van der Waals surface area contributed by atoms with Crippen molar-refractivity contribution in [3.8, 4) is 0 Å². The highest BCUT2D eigenvalue weighted by Gasteiger charge is 2.09. The average Bonchev–Trinajstić information content (AvgIpc) is 2.21. The summed E-state index contributed by atoms with van der Waals surface area (Å²) in [6, 6.07) is 3.40. The maximum absolute atomic E-state index is 11.8. The largest absolute Gasteiger partial charge is 0.357 e. The van der Waals surface area contributed by atoms with Crippen LogP contribution in [0.4, 0.5) is 0 Å². The van der Waals surface area contributed by atoms with E-state index in [1.165, 1.54) is 0 Å². The fourth-order valence-corrected chi connectivity index (χ4v) is 1.87. The lowest BCUT2D eigenvalue weighted by atomic mass is 10.1. The molecule has 0 fully saturated rings. The molecule has 0 saturated heterocycles. The zero-order chi connectivity index (χ0) is 11.2. The van der Waals surface area contributed by atoms with Crippen molar-refractivity contribution in [3.63, 3.8) is 0 Å². The Bertz CT molecular complexity index is 602. The maximum atomic E-state index is 11.8. The summed E-state index contributed by atoms with van der Waals surface area (Å²) in [4.78, 5) is 14.9. The van der Waals surface area contributed by atoms with Gasteiger partial charge >= 0.3 is 0 Å². The Balaban J connectivity index is 3.06. The molecular formula is C11H9Cl2NO. The molecule has 0 atom stereocenters. The van der Waals surface area contributed by atoms with E-state index in [9.17, 15) is 4.79 Å². The second kappa shape index (κ2) is 3.54. The van der Waals surface area contributed by atoms with Crippen LogP contribution in [-0.4, -0.2) is 4.98 Å². The molecular weight excluding hydrogens is 233 g/mol. The minimum atomic E-state index is -0.150. The van der Waals surface area contributed by atoms with Crippen LogP contribution in [0.1, 0.15) is 11.3 Å². The van der Waals surface area contributed by atoms with E-state index in [4.69, 9.17) is 23.2 Å². The summed E-state index contributed by atoms with van der Waals surface area (Å²) in [5.74, 6) is 0. The number of rotatable bonds is 0. The van der Waals surface area contributed by atoms with E-state index < -0.39 is 0 Å². The zero-order valence-corrected chi connectivity index (χ0v) is 9.83. The number of hydrogen-bond donors (Lipinski definition) is 1. The Morgan fingerprint density at radius 3 is 2.53 bits per heavy atom. The first kappa shape index (κ1) is 10.5. The van der Waals surface area contributed by atoms with Crippen LogP contribution < -0.4 is 5.43 Å². The maximum Gasteiger partial charge on any atom is 0.208 e. The van der Waals surface area contributed by atoms with Crippen molar-refractivity contribution < 1.29 is 0 Å². The summed E-state index contributed by atoms with van der Waals surface area (Å²) in [5.41, 5.74) is 2.14. The number of aryl methyl sites for hydroxylation is 2. The minimum absolute atomic E-state index is 0.150. The first-order chi connectivity index (χ1) is 7.02. The number of pyridine rings is 1. The van der Waals surface area contributed by atoms with Crippen LogP contribution in [0.2, 0.25) is 10.0 Å². The molecule has 2 rings (SSSR count). The molecule has 4 heteroatoms. The van der Waals surface area contributed by atoms with Gasteiger partial charge in [0.1, 0.15) is 5.02 Å². The van der Waals surface area contributed by atoms with Crippen LogP contribution in [0.3, 0.4) is 0 Å². The standard InChI is InChI=1S/C11H9Cl2NO/c1-5-8(12)4-3-7-10(5)14-6(2)9(13)11(7)15/h3-4H,1-2H3,(H,14,15). The van der Waals surface area contributed by atoms with Crippen LogP contribution >= 0.6 is 23.2 Å². The zero-order valence-electron chi connectivity index (χ0n) is 8.32. The normalized spacial score (nSPS) is 10.9. The summed E-state index contributed by atoms with van der Waals surface area (Å²) in [6.45, 7) is 3.64. The van der Waals surface area contributed by atoms with Crippen molar-refractivity contribution in [1.29, 1.82) is 0 Å². The van der Waals surface area contributed by atoms with E-state index in [-0.39, 0.29) is 10.5 Å². The number of fused-ring (bicyclic) bond motifs is 1. The predicted octanol–water partition coefficient (Wildman–Crippen LogP) is 3.45. The Morgan fingerprint density at radius 1 is 1.20 bits per heavy atom. The second-order valence-electron chi connectivity index (χ2n) is 3.49. The number of H-pyrrole nitrogens is 1. The lowest BCUT2D eigenvalue weighted by Crippen LogP contribution is -2.07. The molecule has 0 aliphatic heterocycles. The minimum Gasteiger partial charge on any atom is -0.357 e. The average molecular weight is 242 g/mol. The SMILES string of the molecule is Cc1[nH]c2c(C)c(Cl)ccc2c(=O)c1Cl. The fourth-order valence-electron chi connectivity index (χ4n) is 1.57. The molecule has 1 aromatic heterocycles. The van der Waals surface area contributed by atoms with E-state index >= 15 is 0 Å². The number of aromatic amines is 1. The summed E-state index contributed by atoms with van der Waals surface area (Å²) in [5, 5.41) is 1.46.